The van der Waals surface area contributed by atoms with Crippen LogP contribution in [0.5, 0.6) is 0 Å². The SMILES string of the molecule is NC1(CC(=O)c2sccc2Br)CCCCC1. The summed E-state index contributed by atoms with van der Waals surface area (Å²) < 4.78 is 0.905. The molecule has 2 nitrogen and oxygen atoms in total. The third-order valence-corrected chi connectivity index (χ3v) is 5.11. The Morgan fingerprint density at radius 3 is 2.69 bits per heavy atom. The monoisotopic (exact) mass is 301 g/mol. The van der Waals surface area contributed by atoms with Crippen molar-refractivity contribution in [2.24, 2.45) is 5.73 Å². The Morgan fingerprint density at radius 2 is 2.12 bits per heavy atom. The molecule has 0 radical (unpaired) electrons. The van der Waals surface area contributed by atoms with E-state index in [-0.39, 0.29) is 11.3 Å². The highest BCUT2D eigenvalue weighted by Crippen LogP contribution is 2.32. The van der Waals surface area contributed by atoms with E-state index in [2.05, 4.69) is 15.9 Å². The van der Waals surface area contributed by atoms with Crippen molar-refractivity contribution in [2.45, 2.75) is 44.1 Å². The lowest BCUT2D eigenvalue weighted by atomic mass is 9.79. The van der Waals surface area contributed by atoms with Gasteiger partial charge in [0.05, 0.1) is 4.88 Å². The molecule has 2 rings (SSSR count). The quantitative estimate of drug-likeness (QED) is 0.864. The minimum Gasteiger partial charge on any atom is -0.325 e. The number of carbonyl (C=O) groups is 1. The van der Waals surface area contributed by atoms with Gasteiger partial charge in [0, 0.05) is 16.4 Å². The van der Waals surface area contributed by atoms with Crippen LogP contribution in [0, 0.1) is 0 Å². The molecule has 2 N–H and O–H groups in total. The van der Waals surface area contributed by atoms with Gasteiger partial charge >= 0.3 is 0 Å². The van der Waals surface area contributed by atoms with Gasteiger partial charge in [-0.3, -0.25) is 4.79 Å². The van der Waals surface area contributed by atoms with Crippen molar-refractivity contribution in [3.8, 4) is 0 Å². The zero-order chi connectivity index (χ0) is 11.6. The molecule has 0 saturated heterocycles. The second-order valence-corrected chi connectivity index (χ2v) is 6.39. The molecule has 1 fully saturated rings. The van der Waals surface area contributed by atoms with E-state index < -0.39 is 0 Å². The third kappa shape index (κ3) is 2.73. The summed E-state index contributed by atoms with van der Waals surface area (Å²) in [5, 5.41) is 1.93. The predicted octanol–water partition coefficient (Wildman–Crippen LogP) is 3.75. The van der Waals surface area contributed by atoms with E-state index >= 15 is 0 Å². The molecule has 1 aliphatic carbocycles. The first-order valence-corrected chi connectivity index (χ1v) is 7.33. The van der Waals surface area contributed by atoms with Gasteiger partial charge in [-0.2, -0.15) is 0 Å². The van der Waals surface area contributed by atoms with Crippen molar-refractivity contribution in [3.63, 3.8) is 0 Å². The number of rotatable bonds is 3. The lowest BCUT2D eigenvalue weighted by molar-refractivity contribution is 0.0938. The molecule has 0 aromatic carbocycles. The molecule has 4 heteroatoms. The van der Waals surface area contributed by atoms with Gasteiger partial charge in [0.15, 0.2) is 5.78 Å². The summed E-state index contributed by atoms with van der Waals surface area (Å²) in [5.41, 5.74) is 6.03. The summed E-state index contributed by atoms with van der Waals surface area (Å²) in [5.74, 6) is 0.186. The topological polar surface area (TPSA) is 43.1 Å². The van der Waals surface area contributed by atoms with Gasteiger partial charge in [-0.05, 0) is 40.2 Å². The summed E-state index contributed by atoms with van der Waals surface area (Å²) in [6.07, 6.45) is 6.05. The standard InChI is InChI=1S/C12H16BrNOS/c13-9-4-7-16-11(9)10(15)8-12(14)5-2-1-3-6-12/h4,7H,1-3,5-6,8,14H2. The number of nitrogens with two attached hydrogens (primary N) is 1. The Hall–Kier alpha value is -0.190. The second-order valence-electron chi connectivity index (χ2n) is 4.62. The molecule has 1 heterocycles. The van der Waals surface area contributed by atoms with Crippen molar-refractivity contribution >= 4 is 33.0 Å². The Balaban J connectivity index is 2.04. The van der Waals surface area contributed by atoms with E-state index in [0.29, 0.717) is 6.42 Å². The molecule has 1 aliphatic rings. The van der Waals surface area contributed by atoms with Crippen LogP contribution in [0.2, 0.25) is 0 Å². The summed E-state index contributed by atoms with van der Waals surface area (Å²) in [4.78, 5) is 12.9. The minimum absolute atomic E-state index is 0.186. The molecule has 16 heavy (non-hydrogen) atoms. The molecule has 1 aromatic rings. The van der Waals surface area contributed by atoms with Crippen molar-refractivity contribution in [1.82, 2.24) is 0 Å². The summed E-state index contributed by atoms with van der Waals surface area (Å²) in [6, 6.07) is 1.92. The van der Waals surface area contributed by atoms with Crippen LogP contribution in [0.4, 0.5) is 0 Å². The second kappa shape index (κ2) is 4.98. The van der Waals surface area contributed by atoms with Gasteiger partial charge in [0.1, 0.15) is 0 Å². The first-order chi connectivity index (χ1) is 7.61. The first-order valence-electron chi connectivity index (χ1n) is 5.66. The number of halogens is 1. The molecule has 0 atom stereocenters. The fraction of sp³-hybridized carbons (Fsp3) is 0.583. The van der Waals surface area contributed by atoms with E-state index in [9.17, 15) is 4.79 Å². The Morgan fingerprint density at radius 1 is 1.44 bits per heavy atom. The van der Waals surface area contributed by atoms with Crippen LogP contribution in [-0.2, 0) is 0 Å². The molecule has 1 aromatic heterocycles. The fourth-order valence-electron chi connectivity index (χ4n) is 2.33. The number of carbonyl (C=O) groups excluding carboxylic acids is 1. The number of hydrogen-bond acceptors (Lipinski definition) is 3. The van der Waals surface area contributed by atoms with E-state index in [1.54, 1.807) is 0 Å². The maximum Gasteiger partial charge on any atom is 0.175 e. The van der Waals surface area contributed by atoms with Gasteiger partial charge < -0.3 is 5.73 Å². The molecule has 1 saturated carbocycles. The molecule has 88 valence electrons. The molecule has 0 amide bonds. The molecule has 0 bridgehead atoms. The van der Waals surface area contributed by atoms with Crippen molar-refractivity contribution < 1.29 is 4.79 Å². The summed E-state index contributed by atoms with van der Waals surface area (Å²) in [7, 11) is 0. The molecular weight excluding hydrogens is 286 g/mol. The lowest BCUT2D eigenvalue weighted by Crippen LogP contribution is -2.43. The Bertz CT molecular complexity index is 382. The highest BCUT2D eigenvalue weighted by molar-refractivity contribution is 9.10. The Labute approximate surface area is 108 Å². The summed E-state index contributed by atoms with van der Waals surface area (Å²) >= 11 is 4.89. The van der Waals surface area contributed by atoms with Gasteiger partial charge in [-0.1, -0.05) is 19.3 Å². The number of thiophene rings is 1. The van der Waals surface area contributed by atoms with Crippen molar-refractivity contribution in [1.29, 1.82) is 0 Å². The van der Waals surface area contributed by atoms with Gasteiger partial charge in [-0.15, -0.1) is 11.3 Å². The van der Waals surface area contributed by atoms with E-state index in [4.69, 9.17) is 5.73 Å². The van der Waals surface area contributed by atoms with Crippen LogP contribution in [0.25, 0.3) is 0 Å². The molecule has 0 aliphatic heterocycles. The highest BCUT2D eigenvalue weighted by atomic mass is 79.9. The van der Waals surface area contributed by atoms with Crippen molar-refractivity contribution in [3.05, 3.63) is 20.8 Å². The van der Waals surface area contributed by atoms with Crippen LogP contribution in [0.1, 0.15) is 48.2 Å². The van der Waals surface area contributed by atoms with Crippen LogP contribution >= 0.6 is 27.3 Å². The number of hydrogen-bond donors (Lipinski definition) is 1. The van der Waals surface area contributed by atoms with Crippen LogP contribution < -0.4 is 5.73 Å². The smallest absolute Gasteiger partial charge is 0.175 e. The largest absolute Gasteiger partial charge is 0.325 e. The van der Waals surface area contributed by atoms with Crippen molar-refractivity contribution in [2.75, 3.05) is 0 Å². The molecule has 0 unspecified atom stereocenters. The average molecular weight is 302 g/mol. The summed E-state index contributed by atoms with van der Waals surface area (Å²) in [6.45, 7) is 0. The van der Waals surface area contributed by atoms with Gasteiger partial charge in [0.25, 0.3) is 0 Å². The maximum absolute atomic E-state index is 12.1. The number of Topliss-reactive ketones (excluding diaryl/α,β-unsaturated/α-hetero) is 1. The minimum atomic E-state index is -0.251. The van der Waals surface area contributed by atoms with Crippen LogP contribution in [0.15, 0.2) is 15.9 Å². The van der Waals surface area contributed by atoms with Crippen LogP contribution in [-0.4, -0.2) is 11.3 Å². The van der Waals surface area contributed by atoms with Gasteiger partial charge in [-0.25, -0.2) is 0 Å². The predicted molar refractivity (Wildman–Crippen MR) is 71.0 cm³/mol. The Kier molecular flexibility index (Phi) is 3.82. The molecular formula is C12H16BrNOS. The first kappa shape index (κ1) is 12.3. The third-order valence-electron chi connectivity index (χ3n) is 3.23. The zero-order valence-corrected chi connectivity index (χ0v) is 11.6. The average Bonchev–Trinajstić information content (AvgIpc) is 2.65. The fourth-order valence-corrected chi connectivity index (χ4v) is 3.86. The molecule has 0 spiro atoms. The van der Waals surface area contributed by atoms with Gasteiger partial charge in [0.2, 0.25) is 0 Å². The van der Waals surface area contributed by atoms with Crippen LogP contribution in [0.3, 0.4) is 0 Å². The van der Waals surface area contributed by atoms with E-state index in [1.807, 2.05) is 11.4 Å². The zero-order valence-electron chi connectivity index (χ0n) is 9.17. The highest BCUT2D eigenvalue weighted by Gasteiger charge is 2.31. The normalized spacial score (nSPS) is 19.6. The van der Waals surface area contributed by atoms with E-state index in [1.165, 1.54) is 17.8 Å². The van der Waals surface area contributed by atoms with E-state index in [0.717, 1.165) is 35.0 Å². The number of ketones is 1. The maximum atomic E-state index is 12.1. The lowest BCUT2D eigenvalue weighted by Gasteiger charge is -2.32.